The fourth-order valence-corrected chi connectivity index (χ4v) is 2.53. The zero-order chi connectivity index (χ0) is 12.5. The maximum absolute atomic E-state index is 4.26. The van der Waals surface area contributed by atoms with E-state index in [2.05, 4.69) is 29.5 Å². The van der Waals surface area contributed by atoms with Crippen molar-refractivity contribution in [2.45, 2.75) is 52.4 Å². The molecule has 0 bridgehead atoms. The van der Waals surface area contributed by atoms with E-state index < -0.39 is 0 Å². The number of unbranched alkanes of at least 4 members (excludes halogenated alkanes) is 1. The van der Waals surface area contributed by atoms with Crippen LogP contribution in [-0.2, 0) is 0 Å². The third kappa shape index (κ3) is 5.42. The summed E-state index contributed by atoms with van der Waals surface area (Å²) >= 11 is 0. The standard InChI is InChI=1S/C14H29N3/c1-4-5-10-16-14(15-3)17-11-13-9-7-6-8-12(13)2/h12-13H,4-11H2,1-3H3,(H2,15,16,17). The van der Waals surface area contributed by atoms with Gasteiger partial charge in [-0.3, -0.25) is 4.99 Å². The van der Waals surface area contributed by atoms with Gasteiger partial charge in [0.1, 0.15) is 0 Å². The zero-order valence-corrected chi connectivity index (χ0v) is 11.8. The molecule has 0 spiro atoms. The molecule has 0 aromatic heterocycles. The van der Waals surface area contributed by atoms with E-state index in [4.69, 9.17) is 0 Å². The van der Waals surface area contributed by atoms with Crippen LogP contribution < -0.4 is 10.6 Å². The Hall–Kier alpha value is -0.730. The Balaban J connectivity index is 2.22. The Bertz CT molecular complexity index is 226. The molecule has 0 aromatic carbocycles. The normalized spacial score (nSPS) is 25.7. The molecule has 2 N–H and O–H groups in total. The van der Waals surface area contributed by atoms with Crippen LogP contribution in [0.3, 0.4) is 0 Å². The van der Waals surface area contributed by atoms with Gasteiger partial charge in [0.05, 0.1) is 0 Å². The number of hydrogen-bond acceptors (Lipinski definition) is 1. The van der Waals surface area contributed by atoms with Gasteiger partial charge in [0, 0.05) is 20.1 Å². The number of nitrogens with zero attached hydrogens (tertiary/aromatic N) is 1. The average Bonchev–Trinajstić information content (AvgIpc) is 2.35. The van der Waals surface area contributed by atoms with Crippen molar-refractivity contribution in [3.8, 4) is 0 Å². The maximum Gasteiger partial charge on any atom is 0.190 e. The van der Waals surface area contributed by atoms with Crippen LogP contribution in [0.4, 0.5) is 0 Å². The van der Waals surface area contributed by atoms with Crippen molar-refractivity contribution < 1.29 is 0 Å². The average molecular weight is 239 g/mol. The zero-order valence-electron chi connectivity index (χ0n) is 11.8. The fourth-order valence-electron chi connectivity index (χ4n) is 2.53. The molecular formula is C14H29N3. The molecule has 1 aliphatic carbocycles. The van der Waals surface area contributed by atoms with Crippen molar-refractivity contribution >= 4 is 5.96 Å². The van der Waals surface area contributed by atoms with E-state index in [0.29, 0.717) is 0 Å². The lowest BCUT2D eigenvalue weighted by Crippen LogP contribution is -2.41. The van der Waals surface area contributed by atoms with Gasteiger partial charge >= 0.3 is 0 Å². The summed E-state index contributed by atoms with van der Waals surface area (Å²) in [4.78, 5) is 4.26. The second-order valence-electron chi connectivity index (χ2n) is 5.26. The van der Waals surface area contributed by atoms with Crippen molar-refractivity contribution in [1.82, 2.24) is 10.6 Å². The Morgan fingerprint density at radius 3 is 2.65 bits per heavy atom. The van der Waals surface area contributed by atoms with Gasteiger partial charge < -0.3 is 10.6 Å². The minimum absolute atomic E-state index is 0.827. The summed E-state index contributed by atoms with van der Waals surface area (Å²) in [6, 6.07) is 0. The van der Waals surface area contributed by atoms with Crippen LogP contribution in [0.5, 0.6) is 0 Å². The topological polar surface area (TPSA) is 36.4 Å². The molecule has 0 radical (unpaired) electrons. The monoisotopic (exact) mass is 239 g/mol. The molecule has 1 fully saturated rings. The molecule has 100 valence electrons. The van der Waals surface area contributed by atoms with Crippen LogP contribution in [0, 0.1) is 11.8 Å². The highest BCUT2D eigenvalue weighted by atomic mass is 15.2. The molecule has 17 heavy (non-hydrogen) atoms. The summed E-state index contributed by atoms with van der Waals surface area (Å²) in [5, 5.41) is 6.83. The Morgan fingerprint density at radius 2 is 2.00 bits per heavy atom. The fraction of sp³-hybridized carbons (Fsp3) is 0.929. The predicted molar refractivity (Wildman–Crippen MR) is 75.4 cm³/mol. The van der Waals surface area contributed by atoms with E-state index in [1.54, 1.807) is 0 Å². The summed E-state index contributed by atoms with van der Waals surface area (Å²) in [6.07, 6.45) is 8.03. The predicted octanol–water partition coefficient (Wildman–Crippen LogP) is 2.78. The summed E-state index contributed by atoms with van der Waals surface area (Å²) in [7, 11) is 1.85. The third-order valence-electron chi connectivity index (χ3n) is 3.87. The van der Waals surface area contributed by atoms with Gasteiger partial charge in [-0.15, -0.1) is 0 Å². The maximum atomic E-state index is 4.26. The summed E-state index contributed by atoms with van der Waals surface area (Å²) in [5.41, 5.74) is 0. The highest BCUT2D eigenvalue weighted by Crippen LogP contribution is 2.28. The van der Waals surface area contributed by atoms with E-state index in [1.807, 2.05) is 7.05 Å². The molecule has 3 heteroatoms. The second-order valence-corrected chi connectivity index (χ2v) is 5.26. The molecule has 1 rings (SSSR count). The summed E-state index contributed by atoms with van der Waals surface area (Å²) in [6.45, 7) is 6.70. The summed E-state index contributed by atoms with van der Waals surface area (Å²) < 4.78 is 0. The van der Waals surface area contributed by atoms with Gasteiger partial charge in [0.25, 0.3) is 0 Å². The first kappa shape index (κ1) is 14.3. The van der Waals surface area contributed by atoms with E-state index in [9.17, 15) is 0 Å². The third-order valence-corrected chi connectivity index (χ3v) is 3.87. The van der Waals surface area contributed by atoms with Crippen LogP contribution in [-0.4, -0.2) is 26.1 Å². The van der Waals surface area contributed by atoms with Crippen LogP contribution in [0.1, 0.15) is 52.4 Å². The van der Waals surface area contributed by atoms with Gasteiger partial charge in [0.2, 0.25) is 0 Å². The number of aliphatic imine (C=N–C) groups is 1. The molecule has 1 aliphatic rings. The Morgan fingerprint density at radius 1 is 1.24 bits per heavy atom. The van der Waals surface area contributed by atoms with Gasteiger partial charge in [-0.2, -0.15) is 0 Å². The van der Waals surface area contributed by atoms with Crippen LogP contribution in [0.25, 0.3) is 0 Å². The van der Waals surface area contributed by atoms with Crippen molar-refractivity contribution in [2.75, 3.05) is 20.1 Å². The SMILES string of the molecule is CCCCNC(=NC)NCC1CCCCC1C. The van der Waals surface area contributed by atoms with E-state index in [0.717, 1.165) is 30.9 Å². The highest BCUT2D eigenvalue weighted by molar-refractivity contribution is 5.79. The molecule has 0 saturated heterocycles. The number of guanidine groups is 1. The van der Waals surface area contributed by atoms with Crippen molar-refractivity contribution in [2.24, 2.45) is 16.8 Å². The molecule has 0 aromatic rings. The van der Waals surface area contributed by atoms with Gasteiger partial charge in [-0.25, -0.2) is 0 Å². The number of rotatable bonds is 5. The number of hydrogen-bond donors (Lipinski definition) is 2. The largest absolute Gasteiger partial charge is 0.356 e. The Labute approximate surface area is 106 Å². The molecule has 0 aliphatic heterocycles. The van der Waals surface area contributed by atoms with Crippen molar-refractivity contribution in [3.63, 3.8) is 0 Å². The molecule has 0 amide bonds. The first-order valence-electron chi connectivity index (χ1n) is 7.22. The van der Waals surface area contributed by atoms with Crippen molar-refractivity contribution in [1.29, 1.82) is 0 Å². The quantitative estimate of drug-likeness (QED) is 0.440. The van der Waals surface area contributed by atoms with Gasteiger partial charge in [-0.1, -0.05) is 39.5 Å². The molecule has 2 unspecified atom stereocenters. The lowest BCUT2D eigenvalue weighted by molar-refractivity contribution is 0.256. The van der Waals surface area contributed by atoms with Crippen molar-refractivity contribution in [3.05, 3.63) is 0 Å². The lowest BCUT2D eigenvalue weighted by atomic mass is 9.80. The first-order valence-corrected chi connectivity index (χ1v) is 7.22. The number of nitrogens with one attached hydrogen (secondary N) is 2. The van der Waals surface area contributed by atoms with Gasteiger partial charge in [-0.05, 0) is 24.7 Å². The highest BCUT2D eigenvalue weighted by Gasteiger charge is 2.20. The van der Waals surface area contributed by atoms with E-state index in [1.165, 1.54) is 38.5 Å². The smallest absolute Gasteiger partial charge is 0.190 e. The lowest BCUT2D eigenvalue weighted by Gasteiger charge is -2.29. The Kier molecular flexibility index (Phi) is 7.06. The molecule has 3 nitrogen and oxygen atoms in total. The molecule has 2 atom stereocenters. The molecule has 0 heterocycles. The van der Waals surface area contributed by atoms with E-state index >= 15 is 0 Å². The van der Waals surface area contributed by atoms with Crippen LogP contribution >= 0.6 is 0 Å². The minimum Gasteiger partial charge on any atom is -0.356 e. The minimum atomic E-state index is 0.827. The second kappa shape index (κ2) is 8.37. The van der Waals surface area contributed by atoms with E-state index in [-0.39, 0.29) is 0 Å². The summed E-state index contributed by atoms with van der Waals surface area (Å²) in [5.74, 6) is 2.66. The molecular weight excluding hydrogens is 210 g/mol. The van der Waals surface area contributed by atoms with Crippen LogP contribution in [0.15, 0.2) is 4.99 Å². The molecule has 1 saturated carbocycles. The van der Waals surface area contributed by atoms with Gasteiger partial charge in [0.15, 0.2) is 5.96 Å². The van der Waals surface area contributed by atoms with Crippen LogP contribution in [0.2, 0.25) is 0 Å². The first-order chi connectivity index (χ1) is 8.27.